The van der Waals surface area contributed by atoms with Crippen molar-refractivity contribution in [3.8, 4) is 0 Å². The summed E-state index contributed by atoms with van der Waals surface area (Å²) in [6, 6.07) is 3.43. The van der Waals surface area contributed by atoms with Crippen LogP contribution in [0.1, 0.15) is 46.3 Å². The Morgan fingerprint density at radius 3 is 2.78 bits per heavy atom. The Hall–Kier alpha value is -1.59. The molecule has 2 N–H and O–H groups in total. The van der Waals surface area contributed by atoms with E-state index in [0.717, 1.165) is 17.5 Å². The van der Waals surface area contributed by atoms with Crippen molar-refractivity contribution in [2.24, 2.45) is 5.92 Å². The van der Waals surface area contributed by atoms with Gasteiger partial charge in [0.25, 0.3) is 5.91 Å². The molecule has 4 nitrogen and oxygen atoms in total. The summed E-state index contributed by atoms with van der Waals surface area (Å²) in [5, 5.41) is 4.02. The summed E-state index contributed by atoms with van der Waals surface area (Å²) < 4.78 is 5.19. The monoisotopic (exact) mass is 333 g/mol. The van der Waals surface area contributed by atoms with Crippen LogP contribution in [-0.4, -0.2) is 19.0 Å². The zero-order valence-corrected chi connectivity index (χ0v) is 14.9. The zero-order chi connectivity index (χ0) is 16.4. The van der Waals surface area contributed by atoms with Crippen LogP contribution in [0.15, 0.2) is 22.8 Å². The third-order valence-corrected chi connectivity index (χ3v) is 6.06. The van der Waals surface area contributed by atoms with Crippen LogP contribution < -0.4 is 10.2 Å². The summed E-state index contributed by atoms with van der Waals surface area (Å²) in [6.07, 6.45) is 4.12. The lowest BCUT2D eigenvalue weighted by Crippen LogP contribution is -3.11. The Balaban J connectivity index is 1.75. The number of quaternary nitrogens is 1. The molecule has 2 aromatic rings. The van der Waals surface area contributed by atoms with Gasteiger partial charge in [0.1, 0.15) is 11.5 Å². The van der Waals surface area contributed by atoms with E-state index in [4.69, 9.17) is 4.42 Å². The number of rotatable bonds is 4. The molecule has 0 spiro atoms. The van der Waals surface area contributed by atoms with Gasteiger partial charge in [-0.25, -0.2) is 0 Å². The van der Waals surface area contributed by atoms with Crippen molar-refractivity contribution in [3.63, 3.8) is 0 Å². The van der Waals surface area contributed by atoms with Crippen LogP contribution in [-0.2, 0) is 6.54 Å². The number of aryl methyl sites for hydroxylation is 1. The molecule has 1 amide bonds. The second-order valence-electron chi connectivity index (χ2n) is 6.63. The number of thiophene rings is 1. The maximum atomic E-state index is 12.3. The van der Waals surface area contributed by atoms with E-state index >= 15 is 0 Å². The van der Waals surface area contributed by atoms with E-state index in [1.54, 1.807) is 28.4 Å². The molecule has 3 rings (SSSR count). The van der Waals surface area contributed by atoms with E-state index in [9.17, 15) is 4.79 Å². The smallest absolute Gasteiger partial charge is 0.291 e. The minimum atomic E-state index is -0.167. The van der Waals surface area contributed by atoms with Crippen molar-refractivity contribution in [1.82, 2.24) is 0 Å². The molecule has 0 unspecified atom stereocenters. The molecule has 124 valence electrons. The SMILES string of the molecule is Cc1sc(NC(=O)c2ccco2)c(C[NH+]2CCC(C)CC2)c1C. The Morgan fingerprint density at radius 1 is 1.39 bits per heavy atom. The van der Waals surface area contributed by atoms with Crippen LogP contribution in [0.4, 0.5) is 5.00 Å². The summed E-state index contributed by atoms with van der Waals surface area (Å²) in [7, 11) is 0. The molecule has 0 aromatic carbocycles. The second-order valence-corrected chi connectivity index (χ2v) is 7.86. The van der Waals surface area contributed by atoms with Crippen molar-refractivity contribution in [3.05, 3.63) is 40.2 Å². The third kappa shape index (κ3) is 3.67. The highest BCUT2D eigenvalue weighted by molar-refractivity contribution is 7.16. The van der Waals surface area contributed by atoms with Crippen molar-refractivity contribution in [2.75, 3.05) is 18.4 Å². The first-order chi connectivity index (χ1) is 11.0. The lowest BCUT2D eigenvalue weighted by molar-refractivity contribution is -0.919. The third-order valence-electron chi connectivity index (χ3n) is 4.89. The van der Waals surface area contributed by atoms with Crippen LogP contribution >= 0.6 is 11.3 Å². The van der Waals surface area contributed by atoms with Crippen LogP contribution in [0, 0.1) is 19.8 Å². The number of carbonyl (C=O) groups is 1. The molecular weight excluding hydrogens is 308 g/mol. The Morgan fingerprint density at radius 2 is 2.13 bits per heavy atom. The predicted octanol–water partition coefficient (Wildman–Crippen LogP) is 3.03. The molecule has 3 heterocycles. The number of carbonyl (C=O) groups excluding carboxylic acids is 1. The number of amides is 1. The fourth-order valence-electron chi connectivity index (χ4n) is 3.16. The molecule has 5 heteroatoms. The lowest BCUT2D eigenvalue weighted by Gasteiger charge is -2.27. The standard InChI is InChI=1S/C18H24N2O2S/c1-12-6-8-20(9-7-12)11-15-13(2)14(3)23-18(15)19-17(21)16-5-4-10-22-16/h4-5,10,12H,6-9,11H2,1-3H3,(H,19,21)/p+1. The first kappa shape index (κ1) is 16.3. The van der Waals surface area contributed by atoms with Gasteiger partial charge >= 0.3 is 0 Å². The number of hydrogen-bond donors (Lipinski definition) is 2. The average Bonchev–Trinajstić information content (AvgIpc) is 3.14. The van der Waals surface area contributed by atoms with Gasteiger partial charge in [0.2, 0.25) is 0 Å². The molecule has 0 radical (unpaired) electrons. The van der Waals surface area contributed by atoms with E-state index in [1.165, 1.54) is 48.2 Å². The summed E-state index contributed by atoms with van der Waals surface area (Å²) >= 11 is 1.67. The minimum Gasteiger partial charge on any atom is -0.459 e. The molecule has 0 aliphatic carbocycles. The van der Waals surface area contributed by atoms with Crippen LogP contribution in [0.25, 0.3) is 0 Å². The average molecular weight is 333 g/mol. The van der Waals surface area contributed by atoms with Crippen molar-refractivity contribution in [2.45, 2.75) is 40.2 Å². The quantitative estimate of drug-likeness (QED) is 0.903. The summed E-state index contributed by atoms with van der Waals surface area (Å²) in [4.78, 5) is 15.2. The highest BCUT2D eigenvalue weighted by Gasteiger charge is 2.24. The number of likely N-dealkylation sites (tertiary alicyclic amines) is 1. The normalized spacial score (nSPS) is 21.3. The molecule has 1 saturated heterocycles. The minimum absolute atomic E-state index is 0.167. The lowest BCUT2D eigenvalue weighted by atomic mass is 9.98. The van der Waals surface area contributed by atoms with E-state index in [1.807, 2.05) is 0 Å². The second kappa shape index (κ2) is 6.89. The Labute approximate surface area is 141 Å². The predicted molar refractivity (Wildman–Crippen MR) is 93.3 cm³/mol. The van der Waals surface area contributed by atoms with Crippen LogP contribution in [0.5, 0.6) is 0 Å². The van der Waals surface area contributed by atoms with Gasteiger partial charge in [0.15, 0.2) is 5.76 Å². The fraction of sp³-hybridized carbons (Fsp3) is 0.500. The molecule has 1 aliphatic heterocycles. The first-order valence-electron chi connectivity index (χ1n) is 8.32. The Bertz CT molecular complexity index is 668. The van der Waals surface area contributed by atoms with Crippen LogP contribution in [0.3, 0.4) is 0 Å². The summed E-state index contributed by atoms with van der Waals surface area (Å²) in [5.41, 5.74) is 2.60. The number of hydrogen-bond acceptors (Lipinski definition) is 3. The number of anilines is 1. The van der Waals surface area contributed by atoms with Gasteiger partial charge < -0.3 is 14.6 Å². The molecule has 0 saturated carbocycles. The molecule has 0 atom stereocenters. The number of piperidine rings is 1. The topological polar surface area (TPSA) is 46.7 Å². The van der Waals surface area contributed by atoms with Gasteiger partial charge in [0.05, 0.1) is 19.4 Å². The van der Waals surface area contributed by atoms with Crippen LogP contribution in [0.2, 0.25) is 0 Å². The van der Waals surface area contributed by atoms with Gasteiger partial charge in [0, 0.05) is 10.4 Å². The molecule has 1 fully saturated rings. The van der Waals surface area contributed by atoms with E-state index in [0.29, 0.717) is 5.76 Å². The zero-order valence-electron chi connectivity index (χ0n) is 14.1. The molecule has 1 aliphatic rings. The van der Waals surface area contributed by atoms with E-state index in [-0.39, 0.29) is 5.91 Å². The van der Waals surface area contributed by atoms with Gasteiger partial charge in [-0.15, -0.1) is 11.3 Å². The van der Waals surface area contributed by atoms with Gasteiger partial charge in [-0.3, -0.25) is 4.79 Å². The highest BCUT2D eigenvalue weighted by Crippen LogP contribution is 2.32. The largest absolute Gasteiger partial charge is 0.459 e. The maximum absolute atomic E-state index is 12.3. The molecule has 0 bridgehead atoms. The fourth-order valence-corrected chi connectivity index (χ4v) is 4.23. The maximum Gasteiger partial charge on any atom is 0.291 e. The molecule has 2 aromatic heterocycles. The molecular formula is C18H25N2O2S+. The summed E-state index contributed by atoms with van der Waals surface area (Å²) in [6.45, 7) is 10.1. The van der Waals surface area contributed by atoms with Crippen molar-refractivity contribution in [1.29, 1.82) is 0 Å². The van der Waals surface area contributed by atoms with Gasteiger partial charge in [-0.1, -0.05) is 6.92 Å². The number of nitrogens with one attached hydrogen (secondary N) is 2. The molecule has 23 heavy (non-hydrogen) atoms. The summed E-state index contributed by atoms with van der Waals surface area (Å²) in [5.74, 6) is 1.04. The van der Waals surface area contributed by atoms with E-state index in [2.05, 4.69) is 26.1 Å². The van der Waals surface area contributed by atoms with E-state index < -0.39 is 0 Å². The Kier molecular flexibility index (Phi) is 4.87. The van der Waals surface area contributed by atoms with Gasteiger partial charge in [-0.05, 0) is 50.3 Å². The van der Waals surface area contributed by atoms with Crippen molar-refractivity contribution >= 4 is 22.2 Å². The van der Waals surface area contributed by atoms with Crippen molar-refractivity contribution < 1.29 is 14.1 Å². The van der Waals surface area contributed by atoms with Gasteiger partial charge in [-0.2, -0.15) is 0 Å². The number of furan rings is 1. The highest BCUT2D eigenvalue weighted by atomic mass is 32.1. The first-order valence-corrected chi connectivity index (χ1v) is 9.13.